The first kappa shape index (κ1) is 30.8. The van der Waals surface area contributed by atoms with Gasteiger partial charge in [-0.3, -0.25) is 0 Å². The van der Waals surface area contributed by atoms with Crippen molar-refractivity contribution < 1.29 is 52.7 Å². The van der Waals surface area contributed by atoms with Gasteiger partial charge < -0.3 is 52.7 Å². The van der Waals surface area contributed by atoms with E-state index >= 15 is 0 Å². The summed E-state index contributed by atoms with van der Waals surface area (Å²) >= 11 is 24.5. The molecule has 5 nitrogen and oxygen atoms in total. The standard InChI is InChI=1S/C12H8Cl4N2.2ClH.3H2O/c13-7-3-11(17)9(15)1-5(7)6-2-10(16)12(18)4-8(6)14;;;;;/h1-4H,17-18H2;2*1H;3*1H2. The van der Waals surface area contributed by atoms with E-state index in [1.54, 1.807) is 24.3 Å². The Morgan fingerprint density at radius 1 is 0.522 bits per heavy atom. The Labute approximate surface area is 165 Å². The van der Waals surface area contributed by atoms with E-state index in [1.807, 2.05) is 0 Å². The molecule has 0 aliphatic heterocycles. The molecule has 134 valence electrons. The van der Waals surface area contributed by atoms with Crippen LogP contribution in [0.25, 0.3) is 11.1 Å². The Balaban J connectivity index is -0.000000361. The summed E-state index contributed by atoms with van der Waals surface area (Å²) < 4.78 is 0. The van der Waals surface area contributed by atoms with E-state index in [4.69, 9.17) is 46.4 Å². The fourth-order valence-electron chi connectivity index (χ4n) is 1.59. The van der Waals surface area contributed by atoms with Gasteiger partial charge in [0.1, 0.15) is 21.4 Å². The predicted molar refractivity (Wildman–Crippen MR) is 87.9 cm³/mol. The minimum Gasteiger partial charge on any atom is -1.00 e. The Morgan fingerprint density at radius 2 is 0.783 bits per heavy atom. The molecule has 0 aliphatic carbocycles. The monoisotopic (exact) mass is 446 g/mol. The normalized spacial score (nSPS) is 8.43. The molecule has 0 spiro atoms. The second kappa shape index (κ2) is 12.4. The van der Waals surface area contributed by atoms with Gasteiger partial charge in [-0.05, 0) is 12.1 Å². The number of quaternary nitrogens is 2. The maximum absolute atomic E-state index is 6.18. The Bertz CT molecular complexity index is 587. The number of benzene rings is 2. The van der Waals surface area contributed by atoms with Gasteiger partial charge in [-0.25, -0.2) is 0 Å². The molecule has 0 aromatic heterocycles. The topological polar surface area (TPSA) is 150 Å². The average molecular weight is 449 g/mol. The van der Waals surface area contributed by atoms with Crippen LogP contribution in [0.4, 0.5) is 11.4 Å². The van der Waals surface area contributed by atoms with E-state index in [-0.39, 0.29) is 41.2 Å². The van der Waals surface area contributed by atoms with Gasteiger partial charge in [0.25, 0.3) is 0 Å². The van der Waals surface area contributed by atoms with Crippen LogP contribution in [-0.4, -0.2) is 16.4 Å². The third kappa shape index (κ3) is 6.78. The van der Waals surface area contributed by atoms with E-state index in [2.05, 4.69) is 11.5 Å². The molecule has 0 fully saturated rings. The number of hydrogen-bond donors (Lipinski definition) is 2. The van der Waals surface area contributed by atoms with Crippen LogP contribution in [-0.2, 0) is 0 Å². The van der Waals surface area contributed by atoms with Crippen molar-refractivity contribution in [2.75, 3.05) is 0 Å². The fraction of sp³-hybridized carbons (Fsp3) is 0. The maximum atomic E-state index is 6.18. The van der Waals surface area contributed by atoms with E-state index < -0.39 is 0 Å². The molecule has 0 bridgehead atoms. The van der Waals surface area contributed by atoms with Gasteiger partial charge in [-0.1, -0.05) is 46.4 Å². The lowest BCUT2D eigenvalue weighted by molar-refractivity contribution is -0.255. The highest BCUT2D eigenvalue weighted by Crippen LogP contribution is 2.39. The SMILES string of the molecule is O.O.O.[Cl-].[Cl-].[NH3+]c1cc(Cl)c(-c2cc(Cl)c([NH3+])cc2Cl)cc1Cl. The first-order valence-corrected chi connectivity index (χ1v) is 6.53. The lowest BCUT2D eigenvalue weighted by Crippen LogP contribution is -3.00. The van der Waals surface area contributed by atoms with Gasteiger partial charge >= 0.3 is 0 Å². The minimum atomic E-state index is 0. The fourth-order valence-corrected chi connectivity index (χ4v) is 2.49. The second-order valence-electron chi connectivity index (χ2n) is 3.85. The van der Waals surface area contributed by atoms with Crippen molar-refractivity contribution in [1.82, 2.24) is 0 Å². The van der Waals surface area contributed by atoms with Crippen molar-refractivity contribution in [3.8, 4) is 11.1 Å². The molecule has 0 saturated carbocycles. The maximum Gasteiger partial charge on any atom is 0.148 e. The highest BCUT2D eigenvalue weighted by Gasteiger charge is 2.14. The Hall–Kier alpha value is -0.0200. The molecule has 2 rings (SSSR count). The number of hydrogen-bond acceptors (Lipinski definition) is 0. The van der Waals surface area contributed by atoms with Crippen LogP contribution >= 0.6 is 46.4 Å². The summed E-state index contributed by atoms with van der Waals surface area (Å²) in [6.45, 7) is 0. The summed E-state index contributed by atoms with van der Waals surface area (Å²) in [5.74, 6) is 0. The van der Waals surface area contributed by atoms with Crippen molar-refractivity contribution in [3.63, 3.8) is 0 Å². The summed E-state index contributed by atoms with van der Waals surface area (Å²) in [5, 5.41) is 2.11. The molecule has 2 aromatic rings. The van der Waals surface area contributed by atoms with E-state index in [0.717, 1.165) is 11.1 Å². The molecular formula is C12H16Cl6N2O3. The summed E-state index contributed by atoms with van der Waals surface area (Å²) in [7, 11) is 0. The molecule has 2 aromatic carbocycles. The van der Waals surface area contributed by atoms with Crippen LogP contribution in [0, 0.1) is 0 Å². The summed E-state index contributed by atoms with van der Waals surface area (Å²) in [6.07, 6.45) is 0. The Morgan fingerprint density at radius 3 is 1.04 bits per heavy atom. The zero-order valence-electron chi connectivity index (χ0n) is 11.5. The van der Waals surface area contributed by atoms with Gasteiger partial charge in [-0.2, -0.15) is 0 Å². The van der Waals surface area contributed by atoms with Gasteiger partial charge in [-0.15, -0.1) is 0 Å². The lowest BCUT2D eigenvalue weighted by Gasteiger charge is -2.09. The highest BCUT2D eigenvalue weighted by molar-refractivity contribution is 6.39. The van der Waals surface area contributed by atoms with Crippen LogP contribution in [0.2, 0.25) is 20.1 Å². The van der Waals surface area contributed by atoms with Crippen molar-refractivity contribution in [1.29, 1.82) is 0 Å². The van der Waals surface area contributed by atoms with Crippen molar-refractivity contribution in [3.05, 3.63) is 44.4 Å². The molecular weight excluding hydrogens is 433 g/mol. The van der Waals surface area contributed by atoms with Crippen molar-refractivity contribution in [2.24, 2.45) is 0 Å². The smallest absolute Gasteiger partial charge is 0.148 e. The van der Waals surface area contributed by atoms with Crippen molar-refractivity contribution in [2.45, 2.75) is 0 Å². The third-order valence-electron chi connectivity index (χ3n) is 2.56. The van der Waals surface area contributed by atoms with Crippen LogP contribution in [0.5, 0.6) is 0 Å². The zero-order chi connectivity index (χ0) is 13.4. The molecule has 0 unspecified atom stereocenters. The van der Waals surface area contributed by atoms with E-state index in [1.165, 1.54) is 0 Å². The third-order valence-corrected chi connectivity index (χ3v) is 3.89. The zero-order valence-corrected chi connectivity index (χ0v) is 16.0. The van der Waals surface area contributed by atoms with E-state index in [0.29, 0.717) is 31.5 Å². The molecule has 23 heavy (non-hydrogen) atoms. The molecule has 0 saturated heterocycles. The van der Waals surface area contributed by atoms with Gasteiger partial charge in [0.2, 0.25) is 0 Å². The van der Waals surface area contributed by atoms with Gasteiger partial charge in [0, 0.05) is 23.3 Å². The highest BCUT2D eigenvalue weighted by atomic mass is 35.5. The number of rotatable bonds is 1. The molecule has 11 heteroatoms. The minimum absolute atomic E-state index is 0. The van der Waals surface area contributed by atoms with Gasteiger partial charge in [0.05, 0.1) is 10.0 Å². The van der Waals surface area contributed by atoms with Crippen LogP contribution in [0.15, 0.2) is 24.3 Å². The first-order valence-electron chi connectivity index (χ1n) is 5.02. The largest absolute Gasteiger partial charge is 1.00 e. The molecule has 0 atom stereocenters. The van der Waals surface area contributed by atoms with E-state index in [9.17, 15) is 0 Å². The molecule has 0 radical (unpaired) electrons. The van der Waals surface area contributed by atoms with Crippen LogP contribution in [0.3, 0.4) is 0 Å². The molecule has 0 heterocycles. The predicted octanol–water partition coefficient (Wildman–Crippen LogP) is -4.75. The molecule has 0 amide bonds. The van der Waals surface area contributed by atoms with Crippen LogP contribution < -0.4 is 36.3 Å². The second-order valence-corrected chi connectivity index (χ2v) is 5.48. The summed E-state index contributed by atoms with van der Waals surface area (Å²) in [6, 6.07) is 6.85. The number of halogens is 6. The lowest BCUT2D eigenvalue weighted by atomic mass is 10.0. The summed E-state index contributed by atoms with van der Waals surface area (Å²) in [4.78, 5) is 0. The molecule has 12 N–H and O–H groups in total. The summed E-state index contributed by atoms with van der Waals surface area (Å²) in [5.41, 5.74) is 10.4. The van der Waals surface area contributed by atoms with Gasteiger partial charge in [0.15, 0.2) is 0 Å². The van der Waals surface area contributed by atoms with Crippen LogP contribution in [0.1, 0.15) is 0 Å². The molecule has 0 aliphatic rings. The quantitative estimate of drug-likeness (QED) is 0.431. The average Bonchev–Trinajstić information content (AvgIpc) is 2.29. The Kier molecular flexibility index (Phi) is 16.6. The van der Waals surface area contributed by atoms with Crippen molar-refractivity contribution >= 4 is 57.8 Å². The first-order chi connectivity index (χ1) is 8.40.